The van der Waals surface area contributed by atoms with Gasteiger partial charge in [-0.3, -0.25) is 5.43 Å². The van der Waals surface area contributed by atoms with Crippen LogP contribution in [0.4, 0.5) is 4.79 Å². The van der Waals surface area contributed by atoms with Crippen molar-refractivity contribution in [3.05, 3.63) is 23.2 Å². The first-order chi connectivity index (χ1) is 9.60. The lowest BCUT2D eigenvalue weighted by Gasteiger charge is -2.11. The molecule has 1 aromatic carbocycles. The van der Waals surface area contributed by atoms with Crippen molar-refractivity contribution >= 4 is 41.1 Å². The van der Waals surface area contributed by atoms with Crippen molar-refractivity contribution in [2.75, 3.05) is 13.2 Å². The van der Waals surface area contributed by atoms with Crippen LogP contribution < -0.4 is 21.7 Å². The molecule has 1 unspecified atom stereocenters. The highest BCUT2D eigenvalue weighted by atomic mass is 35.5. The van der Waals surface area contributed by atoms with Crippen LogP contribution in [0.5, 0.6) is 5.88 Å². The maximum atomic E-state index is 10.8. The van der Waals surface area contributed by atoms with Gasteiger partial charge in [-0.2, -0.15) is 0 Å². The van der Waals surface area contributed by atoms with Gasteiger partial charge in [0.15, 0.2) is 5.58 Å². The number of hydrogen-bond donors (Lipinski definition) is 3. The molecule has 0 saturated heterocycles. The molecule has 8 nitrogen and oxygen atoms in total. The average molecular weight is 337 g/mol. The van der Waals surface area contributed by atoms with Gasteiger partial charge in [-0.05, 0) is 23.4 Å². The lowest BCUT2D eigenvalue weighted by atomic mass is 10.2. The van der Waals surface area contributed by atoms with Crippen molar-refractivity contribution in [1.82, 2.24) is 10.6 Å². The maximum absolute atomic E-state index is 10.8. The van der Waals surface area contributed by atoms with Crippen molar-refractivity contribution in [1.29, 1.82) is 0 Å². The van der Waals surface area contributed by atoms with Crippen molar-refractivity contribution < 1.29 is 18.8 Å². The summed E-state index contributed by atoms with van der Waals surface area (Å²) in [6.45, 7) is 0.0472. The summed E-state index contributed by atoms with van der Waals surface area (Å²) in [5.74, 6) is 5.13. The number of carbonyl (C=O) groups excluding carboxylic acids is 1. The lowest BCUT2D eigenvalue weighted by molar-refractivity contribution is 0.127. The fraction of sp³-hybridized carbons (Fsp3) is 0.273. The first-order valence-corrected chi connectivity index (χ1v) is 6.04. The Labute approximate surface area is 131 Å². The van der Waals surface area contributed by atoms with Crippen LogP contribution in [0, 0.1) is 0 Å². The molecule has 1 amide bonds. The van der Waals surface area contributed by atoms with Gasteiger partial charge in [-0.1, -0.05) is 11.6 Å². The Kier molecular flexibility index (Phi) is 6.50. The van der Waals surface area contributed by atoms with Gasteiger partial charge >= 0.3 is 6.09 Å². The van der Waals surface area contributed by atoms with E-state index in [2.05, 4.69) is 9.89 Å². The molecule has 0 radical (unpaired) electrons. The number of ether oxygens (including phenoxy) is 2. The van der Waals surface area contributed by atoms with E-state index in [1.807, 2.05) is 5.43 Å². The third-order valence-corrected chi connectivity index (χ3v) is 2.61. The van der Waals surface area contributed by atoms with E-state index in [1.165, 1.54) is 0 Å². The number of benzene rings is 1. The van der Waals surface area contributed by atoms with Crippen LogP contribution in [-0.4, -0.2) is 30.5 Å². The SMILES string of the molecule is Cl.NNC(=O)OCC(N)COc1noc2ccc(Cl)cc12. The monoisotopic (exact) mass is 336 g/mol. The van der Waals surface area contributed by atoms with Gasteiger partial charge in [0, 0.05) is 5.02 Å². The van der Waals surface area contributed by atoms with Crippen molar-refractivity contribution in [3.8, 4) is 5.88 Å². The van der Waals surface area contributed by atoms with E-state index in [9.17, 15) is 4.79 Å². The predicted octanol–water partition coefficient (Wildman–Crippen LogP) is 1.21. The molecule has 0 fully saturated rings. The predicted molar refractivity (Wildman–Crippen MR) is 78.4 cm³/mol. The third-order valence-electron chi connectivity index (χ3n) is 2.38. The molecule has 1 heterocycles. The minimum Gasteiger partial charge on any atom is -0.473 e. The van der Waals surface area contributed by atoms with Crippen LogP contribution in [0.15, 0.2) is 22.7 Å². The Hall–Kier alpha value is -1.74. The molecule has 0 aliphatic heterocycles. The van der Waals surface area contributed by atoms with Crippen molar-refractivity contribution in [2.45, 2.75) is 6.04 Å². The number of aromatic nitrogens is 1. The fourth-order valence-electron chi connectivity index (χ4n) is 1.45. The number of nitrogens with one attached hydrogen (secondary N) is 1. The smallest absolute Gasteiger partial charge is 0.421 e. The molecule has 2 aromatic rings. The summed E-state index contributed by atoms with van der Waals surface area (Å²) in [5, 5.41) is 4.95. The van der Waals surface area contributed by atoms with Crippen molar-refractivity contribution in [3.63, 3.8) is 0 Å². The molecule has 116 valence electrons. The van der Waals surface area contributed by atoms with Gasteiger partial charge in [0.1, 0.15) is 13.2 Å². The zero-order chi connectivity index (χ0) is 14.5. The van der Waals surface area contributed by atoms with Gasteiger partial charge in [0.2, 0.25) is 0 Å². The van der Waals surface area contributed by atoms with Gasteiger partial charge in [0.05, 0.1) is 11.4 Å². The Morgan fingerprint density at radius 2 is 2.24 bits per heavy atom. The molecule has 1 atom stereocenters. The summed E-state index contributed by atoms with van der Waals surface area (Å²) >= 11 is 5.88. The molecule has 21 heavy (non-hydrogen) atoms. The van der Waals surface area contributed by atoms with Crippen LogP contribution in [-0.2, 0) is 4.74 Å². The molecular formula is C11H14Cl2N4O4. The highest BCUT2D eigenvalue weighted by molar-refractivity contribution is 6.31. The zero-order valence-electron chi connectivity index (χ0n) is 10.7. The Morgan fingerprint density at radius 1 is 1.48 bits per heavy atom. The maximum Gasteiger partial charge on any atom is 0.421 e. The number of halogens is 2. The number of amides is 1. The molecule has 0 saturated carbocycles. The van der Waals surface area contributed by atoms with E-state index in [1.54, 1.807) is 18.2 Å². The van der Waals surface area contributed by atoms with E-state index in [0.717, 1.165) is 0 Å². The molecule has 5 N–H and O–H groups in total. The number of carbonyl (C=O) groups is 1. The van der Waals surface area contributed by atoms with Gasteiger partial charge in [-0.15, -0.1) is 12.4 Å². The first-order valence-electron chi connectivity index (χ1n) is 5.67. The van der Waals surface area contributed by atoms with Gasteiger partial charge in [0.25, 0.3) is 5.88 Å². The molecule has 1 aromatic heterocycles. The third kappa shape index (κ3) is 4.64. The summed E-state index contributed by atoms with van der Waals surface area (Å²) in [6, 6.07) is 4.51. The largest absolute Gasteiger partial charge is 0.473 e. The average Bonchev–Trinajstić information content (AvgIpc) is 2.84. The highest BCUT2D eigenvalue weighted by Gasteiger charge is 2.13. The second-order valence-corrected chi connectivity index (χ2v) is 4.38. The number of fused-ring (bicyclic) bond motifs is 1. The van der Waals surface area contributed by atoms with E-state index >= 15 is 0 Å². The molecule has 10 heteroatoms. The van der Waals surface area contributed by atoms with Gasteiger partial charge < -0.3 is 19.7 Å². The number of nitrogens with two attached hydrogens (primary N) is 2. The number of nitrogens with zero attached hydrogens (tertiary/aromatic N) is 1. The Balaban J connectivity index is 0.00000220. The number of rotatable bonds is 5. The fourth-order valence-corrected chi connectivity index (χ4v) is 1.62. The van der Waals surface area contributed by atoms with Crippen LogP contribution in [0.25, 0.3) is 11.0 Å². The van der Waals surface area contributed by atoms with E-state index in [4.69, 9.17) is 32.4 Å². The molecule has 0 aliphatic carbocycles. The molecule has 2 rings (SSSR count). The second kappa shape index (κ2) is 7.89. The minimum atomic E-state index is -0.765. The normalized spacial score (nSPS) is 11.6. The Bertz CT molecular complexity index is 607. The molecular weight excluding hydrogens is 323 g/mol. The standard InChI is InChI=1S/C11H13ClN4O4.ClH/c12-6-1-2-9-8(3-6)10(16-20-9)18-4-7(13)5-19-11(17)15-14;/h1-3,7H,4-5,13-14H2,(H,15,17);1H. The van der Waals surface area contributed by atoms with Crippen LogP contribution in [0.1, 0.15) is 0 Å². The molecule has 0 aliphatic rings. The van der Waals surface area contributed by atoms with E-state index in [0.29, 0.717) is 16.0 Å². The van der Waals surface area contributed by atoms with Crippen molar-refractivity contribution in [2.24, 2.45) is 11.6 Å². The number of hydrazine groups is 1. The molecule has 0 bridgehead atoms. The Morgan fingerprint density at radius 3 is 2.95 bits per heavy atom. The van der Waals surface area contributed by atoms with Gasteiger partial charge in [-0.25, -0.2) is 10.6 Å². The van der Waals surface area contributed by atoms with Crippen LogP contribution >= 0.6 is 24.0 Å². The second-order valence-electron chi connectivity index (χ2n) is 3.94. The lowest BCUT2D eigenvalue weighted by Crippen LogP contribution is -2.38. The minimum absolute atomic E-state index is 0. The topological polar surface area (TPSA) is 126 Å². The van der Waals surface area contributed by atoms with E-state index in [-0.39, 0.29) is 31.5 Å². The zero-order valence-corrected chi connectivity index (χ0v) is 12.3. The highest BCUT2D eigenvalue weighted by Crippen LogP contribution is 2.27. The number of hydrogen-bond acceptors (Lipinski definition) is 7. The summed E-state index contributed by atoms with van der Waals surface area (Å²) in [4.78, 5) is 10.8. The van der Waals surface area contributed by atoms with Crippen LogP contribution in [0.2, 0.25) is 5.02 Å². The first kappa shape index (κ1) is 17.3. The summed E-state index contributed by atoms with van der Waals surface area (Å²) in [5.41, 5.74) is 8.09. The molecule has 0 spiro atoms. The van der Waals surface area contributed by atoms with Crippen LogP contribution in [0.3, 0.4) is 0 Å². The quantitative estimate of drug-likeness (QED) is 0.425. The summed E-state index contributed by atoms with van der Waals surface area (Å²) in [6.07, 6.45) is -0.765. The summed E-state index contributed by atoms with van der Waals surface area (Å²) in [7, 11) is 0. The summed E-state index contributed by atoms with van der Waals surface area (Å²) < 4.78 is 15.2. The van der Waals surface area contributed by atoms with E-state index < -0.39 is 12.1 Å².